The summed E-state index contributed by atoms with van der Waals surface area (Å²) in [5.74, 6) is -1.27. The molecule has 2 N–H and O–H groups in total. The molecule has 0 bridgehead atoms. The summed E-state index contributed by atoms with van der Waals surface area (Å²) in [6.45, 7) is 4.67. The Morgan fingerprint density at radius 3 is 2.86 bits per heavy atom. The molecular formula is C13H20N4O4. The lowest BCUT2D eigenvalue weighted by Crippen LogP contribution is -2.38. The molecule has 1 saturated heterocycles. The number of ether oxygens (including phenoxy) is 1. The Kier molecular flexibility index (Phi) is 5.70. The fraction of sp³-hybridized carbons (Fsp3) is 0.615. The van der Waals surface area contributed by atoms with Gasteiger partial charge in [-0.2, -0.15) is 5.10 Å². The van der Waals surface area contributed by atoms with E-state index in [9.17, 15) is 9.59 Å². The highest BCUT2D eigenvalue weighted by atomic mass is 16.5. The number of hydrogen-bond donors (Lipinski definition) is 2. The van der Waals surface area contributed by atoms with Crippen LogP contribution in [0.25, 0.3) is 0 Å². The molecule has 1 aromatic heterocycles. The van der Waals surface area contributed by atoms with E-state index < -0.39 is 5.97 Å². The zero-order valence-electron chi connectivity index (χ0n) is 11.8. The quantitative estimate of drug-likeness (QED) is 0.654. The molecule has 1 fully saturated rings. The zero-order chi connectivity index (χ0) is 15.1. The highest BCUT2D eigenvalue weighted by molar-refractivity contribution is 5.92. The van der Waals surface area contributed by atoms with E-state index in [1.54, 1.807) is 0 Å². The third-order valence-corrected chi connectivity index (χ3v) is 3.21. The van der Waals surface area contributed by atoms with Gasteiger partial charge in [0, 0.05) is 25.8 Å². The van der Waals surface area contributed by atoms with E-state index in [1.807, 2.05) is 0 Å². The number of nitrogens with one attached hydrogen (secondary N) is 1. The maximum absolute atomic E-state index is 11.8. The average Bonchev–Trinajstić information content (AvgIpc) is 2.92. The van der Waals surface area contributed by atoms with Gasteiger partial charge in [-0.25, -0.2) is 0 Å². The highest BCUT2D eigenvalue weighted by Crippen LogP contribution is 1.99. The van der Waals surface area contributed by atoms with E-state index >= 15 is 0 Å². The molecule has 0 aromatic carbocycles. The first-order chi connectivity index (χ1) is 10.1. The minimum Gasteiger partial charge on any atom is -0.480 e. The Balaban J connectivity index is 1.66. The summed E-state index contributed by atoms with van der Waals surface area (Å²) in [7, 11) is 0. The van der Waals surface area contributed by atoms with E-state index in [0.29, 0.717) is 6.54 Å². The van der Waals surface area contributed by atoms with Crippen LogP contribution in [0, 0.1) is 0 Å². The molecule has 21 heavy (non-hydrogen) atoms. The summed E-state index contributed by atoms with van der Waals surface area (Å²) in [6, 6.07) is 1.51. The predicted octanol–water partition coefficient (Wildman–Crippen LogP) is -0.580. The second-order valence-corrected chi connectivity index (χ2v) is 4.86. The van der Waals surface area contributed by atoms with E-state index in [-0.39, 0.29) is 18.1 Å². The Bertz CT molecular complexity index is 482. The zero-order valence-corrected chi connectivity index (χ0v) is 11.8. The van der Waals surface area contributed by atoms with Crippen LogP contribution in [0.15, 0.2) is 12.3 Å². The maximum Gasteiger partial charge on any atom is 0.325 e. The SMILES string of the molecule is O=C(O)Cn1ccc(C(=O)NCCCN2CCOCC2)n1. The number of aliphatic carboxylic acids is 1. The molecule has 1 aromatic rings. The summed E-state index contributed by atoms with van der Waals surface area (Å²) >= 11 is 0. The molecule has 8 heteroatoms. The van der Waals surface area contributed by atoms with Gasteiger partial charge in [0.15, 0.2) is 0 Å². The topological polar surface area (TPSA) is 96.7 Å². The normalized spacial score (nSPS) is 15.8. The van der Waals surface area contributed by atoms with Gasteiger partial charge >= 0.3 is 5.97 Å². The van der Waals surface area contributed by atoms with Crippen molar-refractivity contribution in [2.24, 2.45) is 0 Å². The second-order valence-electron chi connectivity index (χ2n) is 4.86. The van der Waals surface area contributed by atoms with Crippen molar-refractivity contribution >= 4 is 11.9 Å². The summed E-state index contributed by atoms with van der Waals surface area (Å²) in [5, 5.41) is 15.3. The van der Waals surface area contributed by atoms with Gasteiger partial charge in [0.05, 0.1) is 13.2 Å². The van der Waals surface area contributed by atoms with E-state index in [2.05, 4.69) is 15.3 Å². The van der Waals surface area contributed by atoms with Crippen molar-refractivity contribution < 1.29 is 19.4 Å². The van der Waals surface area contributed by atoms with Crippen molar-refractivity contribution in [1.29, 1.82) is 0 Å². The lowest BCUT2D eigenvalue weighted by Gasteiger charge is -2.26. The molecule has 1 aliphatic heterocycles. The number of carboxylic acid groups (broad SMARTS) is 1. The van der Waals surface area contributed by atoms with Crippen molar-refractivity contribution in [2.75, 3.05) is 39.4 Å². The van der Waals surface area contributed by atoms with Gasteiger partial charge < -0.3 is 15.2 Å². The molecule has 0 spiro atoms. The lowest BCUT2D eigenvalue weighted by molar-refractivity contribution is -0.137. The van der Waals surface area contributed by atoms with Crippen molar-refractivity contribution in [3.63, 3.8) is 0 Å². The molecule has 0 atom stereocenters. The van der Waals surface area contributed by atoms with Gasteiger partial charge in [0.1, 0.15) is 12.2 Å². The second kappa shape index (κ2) is 7.75. The van der Waals surface area contributed by atoms with Crippen LogP contribution < -0.4 is 5.32 Å². The first-order valence-electron chi connectivity index (χ1n) is 6.99. The minimum atomic E-state index is -0.990. The van der Waals surface area contributed by atoms with Crippen LogP contribution in [0.5, 0.6) is 0 Å². The van der Waals surface area contributed by atoms with Crippen LogP contribution in [0.1, 0.15) is 16.9 Å². The predicted molar refractivity (Wildman–Crippen MR) is 74.1 cm³/mol. The lowest BCUT2D eigenvalue weighted by atomic mass is 10.3. The number of carbonyl (C=O) groups is 2. The number of amides is 1. The number of rotatable bonds is 7. The number of carbonyl (C=O) groups excluding carboxylic acids is 1. The van der Waals surface area contributed by atoms with Crippen LogP contribution in [0.4, 0.5) is 0 Å². The van der Waals surface area contributed by atoms with Gasteiger partial charge in [-0.3, -0.25) is 19.2 Å². The van der Waals surface area contributed by atoms with Gasteiger partial charge in [-0.05, 0) is 19.0 Å². The Morgan fingerprint density at radius 2 is 2.14 bits per heavy atom. The first kappa shape index (κ1) is 15.5. The standard InChI is InChI=1S/C13H20N4O4/c18-12(19)10-17-5-2-11(15-17)13(20)14-3-1-4-16-6-8-21-9-7-16/h2,5H,1,3-4,6-10H2,(H,14,20)(H,18,19). The monoisotopic (exact) mass is 296 g/mol. The smallest absolute Gasteiger partial charge is 0.325 e. The minimum absolute atomic E-state index is 0.239. The van der Waals surface area contributed by atoms with Crippen molar-refractivity contribution in [2.45, 2.75) is 13.0 Å². The van der Waals surface area contributed by atoms with Crippen molar-refractivity contribution in [1.82, 2.24) is 20.0 Å². The number of hydrogen-bond acceptors (Lipinski definition) is 5. The maximum atomic E-state index is 11.8. The summed E-state index contributed by atoms with van der Waals surface area (Å²) < 4.78 is 6.50. The van der Waals surface area contributed by atoms with Crippen molar-refractivity contribution in [3.8, 4) is 0 Å². The van der Waals surface area contributed by atoms with E-state index in [4.69, 9.17) is 9.84 Å². The molecule has 116 valence electrons. The van der Waals surface area contributed by atoms with Crippen LogP contribution in [-0.2, 0) is 16.1 Å². The van der Waals surface area contributed by atoms with Crippen LogP contribution in [-0.4, -0.2) is 71.1 Å². The first-order valence-corrected chi connectivity index (χ1v) is 6.99. The Hall–Kier alpha value is -1.93. The molecule has 0 saturated carbocycles. The molecule has 0 aliphatic carbocycles. The molecule has 0 unspecified atom stereocenters. The average molecular weight is 296 g/mol. The molecule has 8 nitrogen and oxygen atoms in total. The number of morpholine rings is 1. The summed E-state index contributed by atoms with van der Waals surface area (Å²) in [6.07, 6.45) is 2.35. The van der Waals surface area contributed by atoms with Crippen LogP contribution in [0.2, 0.25) is 0 Å². The van der Waals surface area contributed by atoms with Gasteiger partial charge in [-0.1, -0.05) is 0 Å². The molecule has 2 rings (SSSR count). The molecule has 1 aliphatic rings. The Labute approximate surface area is 122 Å². The molecular weight excluding hydrogens is 276 g/mol. The highest BCUT2D eigenvalue weighted by Gasteiger charge is 2.12. The molecule has 1 amide bonds. The molecule has 2 heterocycles. The third-order valence-electron chi connectivity index (χ3n) is 3.21. The van der Waals surface area contributed by atoms with Gasteiger partial charge in [-0.15, -0.1) is 0 Å². The summed E-state index contributed by atoms with van der Waals surface area (Å²) in [4.78, 5) is 24.7. The van der Waals surface area contributed by atoms with Crippen LogP contribution >= 0.6 is 0 Å². The van der Waals surface area contributed by atoms with Crippen molar-refractivity contribution in [3.05, 3.63) is 18.0 Å². The fourth-order valence-electron chi connectivity index (χ4n) is 2.13. The molecule has 0 radical (unpaired) electrons. The Morgan fingerprint density at radius 1 is 1.38 bits per heavy atom. The summed E-state index contributed by atoms with van der Waals surface area (Å²) in [5.41, 5.74) is 0.239. The van der Waals surface area contributed by atoms with Crippen LogP contribution in [0.3, 0.4) is 0 Å². The number of aromatic nitrogens is 2. The fourth-order valence-corrected chi connectivity index (χ4v) is 2.13. The third kappa shape index (κ3) is 5.16. The number of carboxylic acids is 1. The number of nitrogens with zero attached hydrogens (tertiary/aromatic N) is 3. The van der Waals surface area contributed by atoms with E-state index in [1.165, 1.54) is 16.9 Å². The van der Waals surface area contributed by atoms with E-state index in [0.717, 1.165) is 39.3 Å². The van der Waals surface area contributed by atoms with Gasteiger partial charge in [0.25, 0.3) is 5.91 Å². The van der Waals surface area contributed by atoms with Gasteiger partial charge in [0.2, 0.25) is 0 Å². The largest absolute Gasteiger partial charge is 0.480 e.